The Morgan fingerprint density at radius 1 is 1.83 bits per heavy atom. The van der Waals surface area contributed by atoms with Gasteiger partial charge in [-0.1, -0.05) is 11.6 Å². The van der Waals surface area contributed by atoms with Crippen molar-refractivity contribution >= 4 is 29.7 Å². The monoisotopic (exact) mass is 127 g/mol. The second-order valence-electron chi connectivity index (χ2n) is 0.596. The van der Waals surface area contributed by atoms with Crippen LogP contribution in [0, 0.1) is 0 Å². The Morgan fingerprint density at radius 2 is 2.33 bits per heavy atom. The van der Waals surface area contributed by atoms with Gasteiger partial charge in [-0.05, 0) is 6.92 Å². The zero-order valence-corrected chi connectivity index (χ0v) is 5.09. The lowest BCUT2D eigenvalue weighted by Crippen LogP contribution is -1.60. The van der Waals surface area contributed by atoms with Crippen LogP contribution in [0.3, 0.4) is 0 Å². The van der Waals surface area contributed by atoms with Crippen molar-refractivity contribution in [2.75, 3.05) is 6.54 Å². The first-order valence-corrected chi connectivity index (χ1v) is 1.94. The molecule has 0 aliphatic carbocycles. The van der Waals surface area contributed by atoms with E-state index in [2.05, 4.69) is 4.99 Å². The fourth-order valence-corrected chi connectivity index (χ4v) is 0.207. The van der Waals surface area contributed by atoms with Gasteiger partial charge in [0.25, 0.3) is 0 Å². The average Bonchev–Trinajstić information content (AvgIpc) is 1.41. The van der Waals surface area contributed by atoms with Crippen LogP contribution in [0.4, 0.5) is 0 Å². The van der Waals surface area contributed by atoms with Crippen LogP contribution in [0.5, 0.6) is 0 Å². The number of halogens is 2. The van der Waals surface area contributed by atoms with Crippen LogP contribution in [0.15, 0.2) is 4.99 Å². The summed E-state index contributed by atoms with van der Waals surface area (Å²) < 4.78 is 0. The summed E-state index contributed by atoms with van der Waals surface area (Å²) >= 11 is 5.01. The van der Waals surface area contributed by atoms with Gasteiger partial charge in [0.2, 0.25) is 0 Å². The molecule has 0 fully saturated rings. The maximum absolute atomic E-state index is 5.01. The van der Waals surface area contributed by atoms with Crippen molar-refractivity contribution in [2.45, 2.75) is 6.92 Å². The molecule has 0 rings (SSSR count). The summed E-state index contributed by atoms with van der Waals surface area (Å²) in [6.45, 7) is 2.71. The van der Waals surface area contributed by atoms with Crippen LogP contribution in [0.1, 0.15) is 6.92 Å². The minimum absolute atomic E-state index is 0. The van der Waals surface area contributed by atoms with Crippen LogP contribution in [0.2, 0.25) is 0 Å². The fraction of sp³-hybridized carbons (Fsp3) is 0.667. The van der Waals surface area contributed by atoms with Crippen molar-refractivity contribution < 1.29 is 0 Å². The number of rotatable bonds is 1. The Morgan fingerprint density at radius 3 is 2.33 bits per heavy atom. The summed E-state index contributed by atoms with van der Waals surface area (Å²) in [4.78, 5) is 3.61. The molecule has 0 saturated heterocycles. The minimum Gasteiger partial charge on any atom is -0.281 e. The molecular weight excluding hydrogens is 121 g/mol. The van der Waals surface area contributed by atoms with Crippen LogP contribution in [-0.4, -0.2) is 12.2 Å². The van der Waals surface area contributed by atoms with Crippen molar-refractivity contribution in [3.05, 3.63) is 0 Å². The van der Waals surface area contributed by atoms with Crippen LogP contribution < -0.4 is 0 Å². The van der Waals surface area contributed by atoms with Crippen LogP contribution in [0.25, 0.3) is 0 Å². The molecule has 38 valence electrons. The van der Waals surface area contributed by atoms with E-state index in [4.69, 9.17) is 11.6 Å². The summed E-state index contributed by atoms with van der Waals surface area (Å²) in [5.41, 5.74) is 1.28. The molecule has 0 spiro atoms. The molecule has 0 heterocycles. The van der Waals surface area contributed by atoms with Gasteiger partial charge in [0.1, 0.15) is 0 Å². The predicted molar refractivity (Wildman–Crippen MR) is 32.1 cm³/mol. The molecule has 0 atom stereocenters. The molecule has 0 radical (unpaired) electrons. The Hall–Kier alpha value is 0.250. The number of hydrogen-bond donors (Lipinski definition) is 0. The van der Waals surface area contributed by atoms with Gasteiger partial charge in [0.15, 0.2) is 0 Å². The van der Waals surface area contributed by atoms with Gasteiger partial charge < -0.3 is 0 Å². The van der Waals surface area contributed by atoms with Gasteiger partial charge >= 0.3 is 0 Å². The van der Waals surface area contributed by atoms with Gasteiger partial charge in [0.05, 0.1) is 5.67 Å². The Labute approximate surface area is 48.8 Å². The second-order valence-corrected chi connectivity index (χ2v) is 0.792. The standard InChI is InChI=1S/C3H6ClN.ClH/c1-2-5-3-4;/h3H,2H2,1H3;1H. The van der Waals surface area contributed by atoms with Crippen molar-refractivity contribution in [3.63, 3.8) is 0 Å². The molecule has 0 aromatic carbocycles. The third kappa shape index (κ3) is 8.87. The molecule has 6 heavy (non-hydrogen) atoms. The van der Waals surface area contributed by atoms with Gasteiger partial charge in [0, 0.05) is 6.54 Å². The van der Waals surface area contributed by atoms with Gasteiger partial charge in [-0.2, -0.15) is 0 Å². The molecule has 0 aliphatic rings. The van der Waals surface area contributed by atoms with E-state index in [-0.39, 0.29) is 12.4 Å². The lowest BCUT2D eigenvalue weighted by molar-refractivity contribution is 1.15. The highest BCUT2D eigenvalue weighted by molar-refractivity contribution is 6.56. The maximum atomic E-state index is 5.01. The smallest absolute Gasteiger partial charge is 0.0870 e. The summed E-state index contributed by atoms with van der Waals surface area (Å²) in [6.07, 6.45) is 0. The number of hydrogen-bond acceptors (Lipinski definition) is 1. The fourth-order valence-electron chi connectivity index (χ4n) is 0.0690. The molecule has 0 amide bonds. The zero-order chi connectivity index (χ0) is 4.12. The Balaban J connectivity index is 0. The quantitative estimate of drug-likeness (QED) is 0.476. The van der Waals surface area contributed by atoms with E-state index in [0.29, 0.717) is 0 Å². The molecule has 0 aromatic heterocycles. The summed E-state index contributed by atoms with van der Waals surface area (Å²) in [6, 6.07) is 0. The third-order valence-electron chi connectivity index (χ3n) is 0.252. The first-order valence-electron chi connectivity index (χ1n) is 1.50. The van der Waals surface area contributed by atoms with Crippen LogP contribution >= 0.6 is 24.0 Å². The van der Waals surface area contributed by atoms with E-state index < -0.39 is 0 Å². The summed E-state index contributed by atoms with van der Waals surface area (Å²) in [5, 5.41) is 0. The van der Waals surface area contributed by atoms with Crippen LogP contribution in [-0.2, 0) is 0 Å². The van der Waals surface area contributed by atoms with E-state index in [0.717, 1.165) is 6.54 Å². The minimum atomic E-state index is 0. The highest BCUT2D eigenvalue weighted by Crippen LogP contribution is 1.63. The summed E-state index contributed by atoms with van der Waals surface area (Å²) in [5.74, 6) is 0. The normalized spacial score (nSPS) is 8.33. The summed E-state index contributed by atoms with van der Waals surface area (Å²) in [7, 11) is 0. The zero-order valence-electron chi connectivity index (χ0n) is 3.52. The van der Waals surface area contributed by atoms with Crippen molar-refractivity contribution in [3.8, 4) is 0 Å². The highest BCUT2D eigenvalue weighted by Gasteiger charge is 1.52. The van der Waals surface area contributed by atoms with Gasteiger partial charge in [-0.15, -0.1) is 12.4 Å². The second kappa shape index (κ2) is 8.98. The third-order valence-corrected chi connectivity index (χ3v) is 0.390. The lowest BCUT2D eigenvalue weighted by atomic mass is 10.8. The maximum Gasteiger partial charge on any atom is 0.0870 e. The first kappa shape index (κ1) is 9.54. The topological polar surface area (TPSA) is 12.4 Å². The highest BCUT2D eigenvalue weighted by atomic mass is 35.5. The molecule has 0 N–H and O–H groups in total. The van der Waals surface area contributed by atoms with Crippen molar-refractivity contribution in [1.82, 2.24) is 0 Å². The number of nitrogens with zero attached hydrogens (tertiary/aromatic N) is 1. The number of aliphatic imine (C=N–C) groups is 1. The molecule has 0 saturated carbocycles. The SMILES string of the molecule is CCN=CCl.Cl. The van der Waals surface area contributed by atoms with E-state index in [1.54, 1.807) is 0 Å². The van der Waals surface area contributed by atoms with E-state index in [9.17, 15) is 0 Å². The van der Waals surface area contributed by atoms with Gasteiger partial charge in [-0.25, -0.2) is 0 Å². The van der Waals surface area contributed by atoms with E-state index >= 15 is 0 Å². The molecule has 1 nitrogen and oxygen atoms in total. The first-order chi connectivity index (χ1) is 2.41. The molecule has 0 bridgehead atoms. The van der Waals surface area contributed by atoms with Crippen molar-refractivity contribution in [1.29, 1.82) is 0 Å². The van der Waals surface area contributed by atoms with Crippen molar-refractivity contribution in [2.24, 2.45) is 4.99 Å². The molecule has 0 aliphatic heterocycles. The average molecular weight is 128 g/mol. The lowest BCUT2D eigenvalue weighted by Gasteiger charge is -1.66. The predicted octanol–water partition coefficient (Wildman–Crippen LogP) is 1.70. The van der Waals surface area contributed by atoms with E-state index in [1.807, 2.05) is 6.92 Å². The largest absolute Gasteiger partial charge is 0.281 e. The molecular formula is C3H7Cl2N. The Kier molecular flexibility index (Phi) is 14.3. The Bertz CT molecular complexity index is 35.8. The van der Waals surface area contributed by atoms with Gasteiger partial charge in [-0.3, -0.25) is 4.99 Å². The molecule has 0 unspecified atom stereocenters. The molecule has 3 heteroatoms. The van der Waals surface area contributed by atoms with E-state index in [1.165, 1.54) is 5.67 Å². The molecule has 0 aromatic rings.